The van der Waals surface area contributed by atoms with Gasteiger partial charge in [-0.3, -0.25) is 4.72 Å². The van der Waals surface area contributed by atoms with E-state index in [2.05, 4.69) is 20.0 Å². The zero-order chi connectivity index (χ0) is 23.0. The normalized spacial score (nSPS) is 13.9. The van der Waals surface area contributed by atoms with Crippen LogP contribution in [0.4, 0.5) is 30.6 Å². The summed E-state index contributed by atoms with van der Waals surface area (Å²) in [7, 11) is 0. The molecular formula is C21H30F3N5OS. The number of halogens is 3. The highest BCUT2D eigenvalue weighted by atomic mass is 32.2. The minimum Gasteiger partial charge on any atom is -0.394 e. The van der Waals surface area contributed by atoms with Gasteiger partial charge in [0.15, 0.2) is 0 Å². The summed E-state index contributed by atoms with van der Waals surface area (Å²) < 4.78 is 43.2. The third kappa shape index (κ3) is 7.86. The summed E-state index contributed by atoms with van der Waals surface area (Å²) in [5.41, 5.74) is 0.941. The molecule has 1 aliphatic heterocycles. The predicted octanol–water partition coefficient (Wildman–Crippen LogP) is 5.15. The average Bonchev–Trinajstić information content (AvgIpc) is 3.22. The lowest BCUT2D eigenvalue weighted by molar-refractivity contribution is -0.137. The Hall–Kier alpha value is -2.04. The zero-order valence-electron chi connectivity index (χ0n) is 18.3. The van der Waals surface area contributed by atoms with Crippen LogP contribution in [0.3, 0.4) is 0 Å². The number of hydrogen-bond donors (Lipinski definition) is 3. The Bertz CT molecular complexity index is 839. The molecule has 0 spiro atoms. The predicted molar refractivity (Wildman–Crippen MR) is 120 cm³/mol. The molecule has 172 valence electrons. The molecule has 2 aromatic rings. The van der Waals surface area contributed by atoms with Gasteiger partial charge in [0.1, 0.15) is 11.4 Å². The number of aromatic nitrogens is 2. The Labute approximate surface area is 185 Å². The second-order valence-electron chi connectivity index (χ2n) is 7.42. The maximum atomic E-state index is 13.3. The fourth-order valence-electron chi connectivity index (χ4n) is 2.92. The van der Waals surface area contributed by atoms with E-state index in [1.807, 2.05) is 32.0 Å². The van der Waals surface area contributed by atoms with E-state index in [1.165, 1.54) is 11.9 Å². The van der Waals surface area contributed by atoms with E-state index in [-0.39, 0.29) is 17.9 Å². The second-order valence-corrected chi connectivity index (χ2v) is 8.38. The minimum absolute atomic E-state index is 0.0468. The van der Waals surface area contributed by atoms with Gasteiger partial charge in [0.2, 0.25) is 5.95 Å². The summed E-state index contributed by atoms with van der Waals surface area (Å²) in [6.07, 6.45) is -2.03. The van der Waals surface area contributed by atoms with Crippen molar-refractivity contribution in [2.45, 2.75) is 57.7 Å². The number of anilines is 3. The molecule has 3 N–H and O–H groups in total. The molecule has 0 bridgehead atoms. The molecule has 0 aliphatic carbocycles. The summed E-state index contributed by atoms with van der Waals surface area (Å²) in [6, 6.07) is 5.82. The summed E-state index contributed by atoms with van der Waals surface area (Å²) in [6.45, 7) is 9.41. The van der Waals surface area contributed by atoms with Gasteiger partial charge in [-0.2, -0.15) is 18.2 Å². The van der Waals surface area contributed by atoms with Gasteiger partial charge in [0.05, 0.1) is 0 Å². The molecule has 0 saturated carbocycles. The fourth-order valence-corrected chi connectivity index (χ4v) is 3.60. The van der Waals surface area contributed by atoms with Crippen LogP contribution in [0.15, 0.2) is 29.3 Å². The van der Waals surface area contributed by atoms with Gasteiger partial charge >= 0.3 is 6.18 Å². The van der Waals surface area contributed by atoms with Crippen molar-refractivity contribution >= 4 is 29.4 Å². The van der Waals surface area contributed by atoms with Crippen LogP contribution in [0.2, 0.25) is 0 Å². The van der Waals surface area contributed by atoms with Gasteiger partial charge < -0.3 is 15.3 Å². The number of nitrogens with one attached hydrogen (secondary N) is 2. The molecule has 10 heteroatoms. The molecule has 0 unspecified atom stereocenters. The first-order valence-corrected chi connectivity index (χ1v) is 11.1. The van der Waals surface area contributed by atoms with Gasteiger partial charge in [-0.25, -0.2) is 4.98 Å². The van der Waals surface area contributed by atoms with Crippen molar-refractivity contribution in [2.24, 2.45) is 0 Å². The van der Waals surface area contributed by atoms with Gasteiger partial charge in [0, 0.05) is 42.5 Å². The Balaban J connectivity index is 0.000000785. The number of nitrogens with zero attached hydrogens (tertiary/aromatic N) is 3. The largest absolute Gasteiger partial charge is 0.421 e. The van der Waals surface area contributed by atoms with Crippen LogP contribution in [-0.4, -0.2) is 40.8 Å². The van der Waals surface area contributed by atoms with Gasteiger partial charge in [-0.1, -0.05) is 6.92 Å². The van der Waals surface area contributed by atoms with Gasteiger partial charge in [-0.05, 0) is 69.3 Å². The van der Waals surface area contributed by atoms with E-state index >= 15 is 0 Å². The standard InChI is InChI=1S/C18H22F3N5S.C3H8O/c1-3-23-27-13-6-7-15(12(2)10-13)24-17-22-11-14(18(19,20)21)16(25-17)26-8-4-5-9-26;1-3(2)4/h6-7,10-11,23H,3-5,8-9H2,1-2H3,(H,22,24,25);3-4H,1-2H3. The molecule has 0 amide bonds. The van der Waals surface area contributed by atoms with Crippen molar-refractivity contribution in [1.82, 2.24) is 14.7 Å². The number of aliphatic hydroxyl groups is 1. The molecule has 0 atom stereocenters. The molecular weight excluding hydrogens is 427 g/mol. The molecule has 1 aromatic heterocycles. The van der Waals surface area contributed by atoms with Crippen molar-refractivity contribution in [1.29, 1.82) is 0 Å². The van der Waals surface area contributed by atoms with Crippen LogP contribution >= 0.6 is 11.9 Å². The number of hydrogen-bond acceptors (Lipinski definition) is 7. The van der Waals surface area contributed by atoms with E-state index in [0.717, 1.165) is 41.7 Å². The number of aliphatic hydroxyl groups excluding tert-OH is 1. The third-order valence-electron chi connectivity index (χ3n) is 4.26. The monoisotopic (exact) mass is 457 g/mol. The molecule has 1 fully saturated rings. The van der Waals surface area contributed by atoms with Crippen LogP contribution in [0.5, 0.6) is 0 Å². The Morgan fingerprint density at radius 1 is 1.23 bits per heavy atom. The van der Waals surface area contributed by atoms with Crippen LogP contribution in [0.1, 0.15) is 44.7 Å². The smallest absolute Gasteiger partial charge is 0.394 e. The van der Waals surface area contributed by atoms with Crippen LogP contribution < -0.4 is 14.9 Å². The number of alkyl halides is 3. The second kappa shape index (κ2) is 11.5. The first-order chi connectivity index (χ1) is 14.6. The Morgan fingerprint density at radius 3 is 2.42 bits per heavy atom. The van der Waals surface area contributed by atoms with Gasteiger partial charge in [-0.15, -0.1) is 0 Å². The topological polar surface area (TPSA) is 73.3 Å². The van der Waals surface area contributed by atoms with Crippen LogP contribution in [0.25, 0.3) is 0 Å². The number of benzene rings is 1. The number of rotatable bonds is 6. The molecule has 31 heavy (non-hydrogen) atoms. The van der Waals surface area contributed by atoms with Crippen molar-refractivity contribution < 1.29 is 18.3 Å². The lowest BCUT2D eigenvalue weighted by Gasteiger charge is -2.22. The third-order valence-corrected chi connectivity index (χ3v) is 5.18. The van der Waals surface area contributed by atoms with E-state index in [9.17, 15) is 13.2 Å². The SMILES string of the molecule is CC(C)O.CCNSc1ccc(Nc2ncc(C(F)(F)F)c(N3CCCC3)n2)c(C)c1. The first-order valence-electron chi connectivity index (χ1n) is 10.3. The number of aryl methyl sites for hydroxylation is 1. The van der Waals surface area contributed by atoms with E-state index in [0.29, 0.717) is 13.1 Å². The molecule has 2 heterocycles. The highest BCUT2D eigenvalue weighted by Crippen LogP contribution is 2.37. The first kappa shape index (κ1) is 25.2. The maximum absolute atomic E-state index is 13.3. The average molecular weight is 458 g/mol. The van der Waals surface area contributed by atoms with Crippen molar-refractivity contribution in [3.05, 3.63) is 35.5 Å². The Kier molecular flexibility index (Phi) is 9.39. The lowest BCUT2D eigenvalue weighted by atomic mass is 10.2. The van der Waals surface area contributed by atoms with Crippen molar-refractivity contribution in [3.8, 4) is 0 Å². The molecule has 1 saturated heterocycles. The molecule has 1 aromatic carbocycles. The van der Waals surface area contributed by atoms with Crippen LogP contribution in [0, 0.1) is 6.92 Å². The van der Waals surface area contributed by atoms with E-state index in [1.54, 1.807) is 18.7 Å². The summed E-state index contributed by atoms with van der Waals surface area (Å²) in [4.78, 5) is 10.8. The molecule has 6 nitrogen and oxygen atoms in total. The van der Waals surface area contributed by atoms with Crippen molar-refractivity contribution in [3.63, 3.8) is 0 Å². The minimum atomic E-state index is -4.47. The highest BCUT2D eigenvalue weighted by molar-refractivity contribution is 7.97. The van der Waals surface area contributed by atoms with Crippen molar-refractivity contribution in [2.75, 3.05) is 29.9 Å². The van der Waals surface area contributed by atoms with E-state index in [4.69, 9.17) is 5.11 Å². The molecule has 3 rings (SSSR count). The maximum Gasteiger partial charge on any atom is 0.421 e. The van der Waals surface area contributed by atoms with E-state index < -0.39 is 11.7 Å². The highest BCUT2D eigenvalue weighted by Gasteiger charge is 2.37. The lowest BCUT2D eigenvalue weighted by Crippen LogP contribution is -2.24. The fraction of sp³-hybridized carbons (Fsp3) is 0.524. The molecule has 1 aliphatic rings. The van der Waals surface area contributed by atoms with Gasteiger partial charge in [0.25, 0.3) is 0 Å². The molecule has 0 radical (unpaired) electrons. The summed E-state index contributed by atoms with van der Waals surface area (Å²) in [5.74, 6) is 0.120. The zero-order valence-corrected chi connectivity index (χ0v) is 19.1. The quantitative estimate of drug-likeness (QED) is 0.518. The Morgan fingerprint density at radius 2 is 1.87 bits per heavy atom. The van der Waals surface area contributed by atoms with Crippen LogP contribution in [-0.2, 0) is 6.18 Å². The summed E-state index contributed by atoms with van der Waals surface area (Å²) in [5, 5.41) is 11.1. The summed E-state index contributed by atoms with van der Waals surface area (Å²) >= 11 is 1.53.